The van der Waals surface area contributed by atoms with Gasteiger partial charge in [0.25, 0.3) is 5.91 Å². The maximum Gasteiger partial charge on any atom is 0.253 e. The van der Waals surface area contributed by atoms with Crippen LogP contribution in [0, 0.1) is 5.92 Å². The second-order valence-electron chi connectivity index (χ2n) is 7.61. The van der Waals surface area contributed by atoms with Gasteiger partial charge in [-0.15, -0.1) is 12.4 Å². The molecule has 2 heterocycles. The number of hydrogen-bond acceptors (Lipinski definition) is 3. The topological polar surface area (TPSA) is 52.7 Å². The molecule has 1 aromatic rings. The maximum atomic E-state index is 13.3. The largest absolute Gasteiger partial charge is 0.339 e. The molecular formula is C21H31Cl2N3O2. The van der Waals surface area contributed by atoms with E-state index >= 15 is 0 Å². The molecule has 2 aliphatic heterocycles. The van der Waals surface area contributed by atoms with E-state index in [1.807, 2.05) is 4.90 Å². The van der Waals surface area contributed by atoms with Gasteiger partial charge in [0, 0.05) is 36.3 Å². The normalized spacial score (nSPS) is 20.4. The van der Waals surface area contributed by atoms with Gasteiger partial charge in [0.05, 0.1) is 5.92 Å². The van der Waals surface area contributed by atoms with E-state index in [0.717, 1.165) is 51.7 Å². The second kappa shape index (κ2) is 11.0. The highest BCUT2D eigenvalue weighted by molar-refractivity contribution is 6.30. The van der Waals surface area contributed by atoms with Crippen LogP contribution in [0.3, 0.4) is 0 Å². The number of nitrogens with one attached hydrogen (secondary N) is 1. The number of halogens is 2. The van der Waals surface area contributed by atoms with Crippen molar-refractivity contribution in [2.24, 2.45) is 5.92 Å². The van der Waals surface area contributed by atoms with Gasteiger partial charge >= 0.3 is 0 Å². The third kappa shape index (κ3) is 5.62. The standard InChI is InChI=1S/C21H30ClN3O2.ClH/c1-2-13-25(19-9-11-23-12-10-19)21(27)17-4-3-14-24(15-17)20(26)16-5-7-18(22)8-6-16;/h5-8,17,19,23H,2-4,9-15H2,1H3;1H. The Hall–Kier alpha value is -1.30. The van der Waals surface area contributed by atoms with Crippen molar-refractivity contribution in [2.75, 3.05) is 32.7 Å². The van der Waals surface area contributed by atoms with Crippen molar-refractivity contribution in [1.82, 2.24) is 15.1 Å². The van der Waals surface area contributed by atoms with Gasteiger partial charge in [-0.2, -0.15) is 0 Å². The number of piperidine rings is 2. The predicted molar refractivity (Wildman–Crippen MR) is 115 cm³/mol. The Morgan fingerprint density at radius 1 is 1.18 bits per heavy atom. The molecule has 1 unspecified atom stereocenters. The molecule has 2 amide bonds. The second-order valence-corrected chi connectivity index (χ2v) is 8.05. The molecule has 0 bridgehead atoms. The maximum absolute atomic E-state index is 13.3. The van der Waals surface area contributed by atoms with Crippen LogP contribution in [0.5, 0.6) is 0 Å². The molecule has 28 heavy (non-hydrogen) atoms. The molecule has 1 aromatic carbocycles. The van der Waals surface area contributed by atoms with Crippen molar-refractivity contribution in [3.05, 3.63) is 34.9 Å². The predicted octanol–water partition coefficient (Wildman–Crippen LogP) is 3.60. The lowest BCUT2D eigenvalue weighted by Gasteiger charge is -2.39. The zero-order chi connectivity index (χ0) is 19.2. The SMILES string of the molecule is CCCN(C(=O)C1CCCN(C(=O)c2ccc(Cl)cc2)C1)C1CCNCC1.Cl. The van der Waals surface area contributed by atoms with E-state index in [-0.39, 0.29) is 30.1 Å². The summed E-state index contributed by atoms with van der Waals surface area (Å²) in [4.78, 5) is 30.0. The molecule has 0 radical (unpaired) electrons. The summed E-state index contributed by atoms with van der Waals surface area (Å²) in [5.41, 5.74) is 0.635. The van der Waals surface area contributed by atoms with Crippen LogP contribution < -0.4 is 5.32 Å². The van der Waals surface area contributed by atoms with Gasteiger partial charge in [-0.25, -0.2) is 0 Å². The smallest absolute Gasteiger partial charge is 0.253 e. The van der Waals surface area contributed by atoms with Crippen molar-refractivity contribution < 1.29 is 9.59 Å². The average molecular weight is 428 g/mol. The average Bonchev–Trinajstić information content (AvgIpc) is 2.72. The summed E-state index contributed by atoms with van der Waals surface area (Å²) in [5.74, 6) is 0.141. The van der Waals surface area contributed by atoms with Crippen LogP contribution in [0.25, 0.3) is 0 Å². The van der Waals surface area contributed by atoms with Crippen LogP contribution in [0.4, 0.5) is 0 Å². The molecule has 2 aliphatic rings. The van der Waals surface area contributed by atoms with Gasteiger partial charge in [-0.3, -0.25) is 9.59 Å². The minimum atomic E-state index is -0.0866. The molecule has 2 saturated heterocycles. The fourth-order valence-corrected chi connectivity index (χ4v) is 4.33. The van der Waals surface area contributed by atoms with Crippen molar-refractivity contribution >= 4 is 35.8 Å². The number of rotatable bonds is 5. The van der Waals surface area contributed by atoms with E-state index in [1.165, 1.54) is 0 Å². The van der Waals surface area contributed by atoms with E-state index in [0.29, 0.717) is 29.7 Å². The number of amides is 2. The highest BCUT2D eigenvalue weighted by atomic mass is 35.5. The van der Waals surface area contributed by atoms with Crippen LogP contribution >= 0.6 is 24.0 Å². The van der Waals surface area contributed by atoms with Crippen LogP contribution in [-0.4, -0.2) is 60.4 Å². The van der Waals surface area contributed by atoms with E-state index < -0.39 is 0 Å². The number of carbonyl (C=O) groups is 2. The summed E-state index contributed by atoms with van der Waals surface area (Å²) in [6.07, 6.45) is 4.75. The van der Waals surface area contributed by atoms with E-state index in [9.17, 15) is 9.59 Å². The Labute approximate surface area is 179 Å². The highest BCUT2D eigenvalue weighted by Gasteiger charge is 2.34. The number of likely N-dealkylation sites (tertiary alicyclic amines) is 1. The van der Waals surface area contributed by atoms with Gasteiger partial charge in [-0.05, 0) is 69.5 Å². The minimum absolute atomic E-state index is 0. The Morgan fingerprint density at radius 3 is 2.50 bits per heavy atom. The molecule has 0 spiro atoms. The number of hydrogen-bond donors (Lipinski definition) is 1. The first-order chi connectivity index (χ1) is 13.1. The van der Waals surface area contributed by atoms with Crippen LogP contribution in [-0.2, 0) is 4.79 Å². The third-order valence-electron chi connectivity index (χ3n) is 5.65. The van der Waals surface area contributed by atoms with Gasteiger partial charge in [0.1, 0.15) is 0 Å². The molecule has 3 rings (SSSR count). The Kier molecular flexibility index (Phi) is 9.06. The minimum Gasteiger partial charge on any atom is -0.339 e. The molecule has 156 valence electrons. The first-order valence-electron chi connectivity index (χ1n) is 10.2. The summed E-state index contributed by atoms with van der Waals surface area (Å²) < 4.78 is 0. The summed E-state index contributed by atoms with van der Waals surface area (Å²) >= 11 is 5.93. The first kappa shape index (κ1) is 23.0. The molecule has 0 aromatic heterocycles. The first-order valence-corrected chi connectivity index (χ1v) is 10.5. The van der Waals surface area contributed by atoms with E-state index in [4.69, 9.17) is 11.6 Å². The third-order valence-corrected chi connectivity index (χ3v) is 5.90. The Morgan fingerprint density at radius 2 is 1.86 bits per heavy atom. The lowest BCUT2D eigenvalue weighted by atomic mass is 9.94. The lowest BCUT2D eigenvalue weighted by molar-refractivity contribution is -0.140. The summed E-state index contributed by atoms with van der Waals surface area (Å²) in [6, 6.07) is 7.33. The fraction of sp³-hybridized carbons (Fsp3) is 0.619. The number of nitrogens with zero attached hydrogens (tertiary/aromatic N) is 2. The highest BCUT2D eigenvalue weighted by Crippen LogP contribution is 2.24. The molecule has 1 atom stereocenters. The molecule has 1 N–H and O–H groups in total. The van der Waals surface area contributed by atoms with Crippen molar-refractivity contribution in [3.8, 4) is 0 Å². The monoisotopic (exact) mass is 427 g/mol. The van der Waals surface area contributed by atoms with Gasteiger partial charge in [0.2, 0.25) is 5.91 Å². The van der Waals surface area contributed by atoms with Crippen molar-refractivity contribution in [1.29, 1.82) is 0 Å². The van der Waals surface area contributed by atoms with E-state index in [2.05, 4.69) is 17.1 Å². The summed E-state index contributed by atoms with van der Waals surface area (Å²) in [7, 11) is 0. The Balaban J connectivity index is 0.00000280. The summed E-state index contributed by atoms with van der Waals surface area (Å²) in [5, 5.41) is 3.99. The van der Waals surface area contributed by atoms with Gasteiger partial charge in [0.15, 0.2) is 0 Å². The van der Waals surface area contributed by atoms with Crippen LogP contribution in [0.2, 0.25) is 5.02 Å². The van der Waals surface area contributed by atoms with Gasteiger partial charge < -0.3 is 15.1 Å². The quantitative estimate of drug-likeness (QED) is 0.780. The molecule has 0 saturated carbocycles. The zero-order valence-electron chi connectivity index (χ0n) is 16.5. The zero-order valence-corrected chi connectivity index (χ0v) is 18.1. The molecular weight excluding hydrogens is 397 g/mol. The van der Waals surface area contributed by atoms with Crippen molar-refractivity contribution in [2.45, 2.75) is 45.1 Å². The van der Waals surface area contributed by atoms with Crippen molar-refractivity contribution in [3.63, 3.8) is 0 Å². The summed E-state index contributed by atoms with van der Waals surface area (Å²) in [6.45, 7) is 6.12. The molecule has 7 heteroatoms. The van der Waals surface area contributed by atoms with Crippen LogP contribution in [0.1, 0.15) is 49.4 Å². The van der Waals surface area contributed by atoms with Crippen LogP contribution in [0.15, 0.2) is 24.3 Å². The Bertz CT molecular complexity index is 648. The van der Waals surface area contributed by atoms with Gasteiger partial charge in [-0.1, -0.05) is 18.5 Å². The van der Waals surface area contributed by atoms with E-state index in [1.54, 1.807) is 24.3 Å². The molecule has 2 fully saturated rings. The number of benzene rings is 1. The number of carbonyl (C=O) groups excluding carboxylic acids is 2. The molecule has 5 nitrogen and oxygen atoms in total. The molecule has 0 aliphatic carbocycles. The fourth-order valence-electron chi connectivity index (χ4n) is 4.20. The lowest BCUT2D eigenvalue weighted by Crippen LogP contribution is -2.52.